The van der Waals surface area contributed by atoms with E-state index in [-0.39, 0.29) is 11.1 Å². The molecule has 0 heterocycles. The van der Waals surface area contributed by atoms with Crippen molar-refractivity contribution < 1.29 is 22.7 Å². The number of benzene rings is 1. The maximum atomic E-state index is 12.4. The van der Waals surface area contributed by atoms with Crippen molar-refractivity contribution in [3.8, 4) is 6.07 Å². The molecule has 0 unspecified atom stereocenters. The first kappa shape index (κ1) is 13.8. The molecule has 94 valence electrons. The van der Waals surface area contributed by atoms with Crippen LogP contribution in [0.3, 0.4) is 0 Å². The van der Waals surface area contributed by atoms with E-state index in [9.17, 15) is 18.0 Å². The Kier molecular flexibility index (Phi) is 4.10. The van der Waals surface area contributed by atoms with Gasteiger partial charge in [-0.3, -0.25) is 0 Å². The Bertz CT molecular complexity index is 527. The van der Waals surface area contributed by atoms with Crippen molar-refractivity contribution in [2.24, 2.45) is 0 Å². The molecule has 0 aliphatic carbocycles. The fraction of sp³-hybridized carbons (Fsp3) is 0.167. The Morgan fingerprint density at radius 2 is 2.11 bits per heavy atom. The van der Waals surface area contributed by atoms with E-state index < -0.39 is 17.7 Å². The summed E-state index contributed by atoms with van der Waals surface area (Å²) >= 11 is 0. The standard InChI is InChI=1S/C12H8F3NO2/c1-18-11(17)9(7-16)5-8-3-2-4-10(6-8)12(13,14)15/h2-6H,1H3/b9-5-. The summed E-state index contributed by atoms with van der Waals surface area (Å²) in [4.78, 5) is 11.1. The minimum Gasteiger partial charge on any atom is -0.465 e. The highest BCUT2D eigenvalue weighted by atomic mass is 19.4. The molecule has 6 heteroatoms. The lowest BCUT2D eigenvalue weighted by atomic mass is 10.1. The number of rotatable bonds is 2. The molecule has 0 bridgehead atoms. The van der Waals surface area contributed by atoms with Gasteiger partial charge in [-0.15, -0.1) is 0 Å². The minimum atomic E-state index is -4.47. The smallest absolute Gasteiger partial charge is 0.416 e. The molecule has 0 radical (unpaired) electrons. The number of carbonyl (C=O) groups excluding carboxylic acids is 1. The van der Waals surface area contributed by atoms with Crippen molar-refractivity contribution in [3.05, 3.63) is 41.0 Å². The van der Waals surface area contributed by atoms with E-state index in [2.05, 4.69) is 4.74 Å². The number of carbonyl (C=O) groups is 1. The molecule has 0 fully saturated rings. The Labute approximate surface area is 101 Å². The van der Waals surface area contributed by atoms with E-state index in [0.717, 1.165) is 25.3 Å². The average Bonchev–Trinajstić information content (AvgIpc) is 2.34. The first-order valence-corrected chi connectivity index (χ1v) is 4.76. The molecule has 0 atom stereocenters. The van der Waals surface area contributed by atoms with Crippen molar-refractivity contribution in [2.75, 3.05) is 7.11 Å². The predicted molar refractivity (Wildman–Crippen MR) is 57.1 cm³/mol. The highest BCUT2D eigenvalue weighted by Gasteiger charge is 2.30. The second-order valence-corrected chi connectivity index (χ2v) is 3.28. The Morgan fingerprint density at radius 3 is 2.61 bits per heavy atom. The van der Waals surface area contributed by atoms with E-state index in [0.29, 0.717) is 0 Å². The van der Waals surface area contributed by atoms with Crippen LogP contribution in [0.25, 0.3) is 6.08 Å². The summed E-state index contributed by atoms with van der Waals surface area (Å²) in [7, 11) is 1.08. The number of hydrogen-bond acceptors (Lipinski definition) is 3. The van der Waals surface area contributed by atoms with Crippen LogP contribution in [-0.4, -0.2) is 13.1 Å². The molecule has 0 N–H and O–H groups in total. The quantitative estimate of drug-likeness (QED) is 0.464. The van der Waals surface area contributed by atoms with Gasteiger partial charge in [0, 0.05) is 0 Å². The van der Waals surface area contributed by atoms with Gasteiger partial charge >= 0.3 is 12.1 Å². The van der Waals surface area contributed by atoms with E-state index in [4.69, 9.17) is 5.26 Å². The van der Waals surface area contributed by atoms with Gasteiger partial charge in [-0.2, -0.15) is 18.4 Å². The van der Waals surface area contributed by atoms with Gasteiger partial charge in [-0.25, -0.2) is 4.79 Å². The SMILES string of the molecule is COC(=O)/C(C#N)=C\c1cccc(C(F)(F)F)c1. The van der Waals surface area contributed by atoms with Gasteiger partial charge in [0.25, 0.3) is 0 Å². The van der Waals surface area contributed by atoms with E-state index in [1.54, 1.807) is 6.07 Å². The Balaban J connectivity index is 3.16. The molecule has 0 saturated carbocycles. The fourth-order valence-electron chi connectivity index (χ4n) is 1.22. The van der Waals surface area contributed by atoms with Crippen LogP contribution in [0.4, 0.5) is 13.2 Å². The van der Waals surface area contributed by atoms with E-state index in [1.165, 1.54) is 12.1 Å². The third-order valence-electron chi connectivity index (χ3n) is 2.05. The van der Waals surface area contributed by atoms with Crippen LogP contribution < -0.4 is 0 Å². The molecule has 1 aromatic rings. The number of nitrogens with zero attached hydrogens (tertiary/aromatic N) is 1. The van der Waals surface area contributed by atoms with Gasteiger partial charge < -0.3 is 4.74 Å². The van der Waals surface area contributed by atoms with Crippen LogP contribution in [0.2, 0.25) is 0 Å². The predicted octanol–water partition coefficient (Wildman–Crippen LogP) is 2.79. The highest BCUT2D eigenvalue weighted by Crippen LogP contribution is 2.29. The lowest BCUT2D eigenvalue weighted by Gasteiger charge is -2.06. The number of hydrogen-bond donors (Lipinski definition) is 0. The number of alkyl halides is 3. The number of ether oxygens (including phenoxy) is 1. The molecule has 0 amide bonds. The van der Waals surface area contributed by atoms with Crippen molar-refractivity contribution in [2.45, 2.75) is 6.18 Å². The summed E-state index contributed by atoms with van der Waals surface area (Å²) in [6.45, 7) is 0. The van der Waals surface area contributed by atoms with Gasteiger partial charge in [0.15, 0.2) is 0 Å². The van der Waals surface area contributed by atoms with Crippen molar-refractivity contribution in [1.29, 1.82) is 5.26 Å². The van der Waals surface area contributed by atoms with E-state index in [1.807, 2.05) is 0 Å². The zero-order valence-corrected chi connectivity index (χ0v) is 9.28. The van der Waals surface area contributed by atoms with Crippen LogP contribution in [0, 0.1) is 11.3 Å². The first-order valence-electron chi connectivity index (χ1n) is 4.76. The summed E-state index contributed by atoms with van der Waals surface area (Å²) < 4.78 is 41.6. The molecule has 18 heavy (non-hydrogen) atoms. The fourth-order valence-corrected chi connectivity index (χ4v) is 1.22. The molecule has 0 aliphatic heterocycles. The van der Waals surface area contributed by atoms with Crippen molar-refractivity contribution in [3.63, 3.8) is 0 Å². The summed E-state index contributed by atoms with van der Waals surface area (Å²) in [5.74, 6) is -0.894. The number of esters is 1. The monoisotopic (exact) mass is 255 g/mol. The number of nitriles is 1. The van der Waals surface area contributed by atoms with Crippen molar-refractivity contribution >= 4 is 12.0 Å². The Morgan fingerprint density at radius 1 is 1.44 bits per heavy atom. The van der Waals surface area contributed by atoms with Crippen LogP contribution in [0.1, 0.15) is 11.1 Å². The first-order chi connectivity index (χ1) is 8.38. The van der Waals surface area contributed by atoms with Crippen LogP contribution >= 0.6 is 0 Å². The molecule has 1 rings (SSSR count). The number of methoxy groups -OCH3 is 1. The summed E-state index contributed by atoms with van der Waals surface area (Å²) in [5, 5.41) is 8.68. The molecule has 0 spiro atoms. The maximum absolute atomic E-state index is 12.4. The maximum Gasteiger partial charge on any atom is 0.416 e. The lowest BCUT2D eigenvalue weighted by Crippen LogP contribution is -2.05. The number of halogens is 3. The topological polar surface area (TPSA) is 50.1 Å². The van der Waals surface area contributed by atoms with Crippen LogP contribution in [-0.2, 0) is 15.7 Å². The van der Waals surface area contributed by atoms with Gasteiger partial charge in [-0.05, 0) is 23.8 Å². The third-order valence-corrected chi connectivity index (χ3v) is 2.05. The zero-order chi connectivity index (χ0) is 13.8. The van der Waals surface area contributed by atoms with Gasteiger partial charge in [-0.1, -0.05) is 12.1 Å². The van der Waals surface area contributed by atoms with Crippen LogP contribution in [0.5, 0.6) is 0 Å². The molecule has 0 saturated heterocycles. The van der Waals surface area contributed by atoms with E-state index >= 15 is 0 Å². The molecule has 0 aromatic heterocycles. The molecular formula is C12H8F3NO2. The highest BCUT2D eigenvalue weighted by molar-refractivity contribution is 5.97. The third kappa shape index (κ3) is 3.35. The Hall–Kier alpha value is -2.29. The molecule has 3 nitrogen and oxygen atoms in total. The lowest BCUT2D eigenvalue weighted by molar-refractivity contribution is -0.137. The van der Waals surface area contributed by atoms with Gasteiger partial charge in [0.1, 0.15) is 11.6 Å². The average molecular weight is 255 g/mol. The van der Waals surface area contributed by atoms with Gasteiger partial charge in [0.05, 0.1) is 12.7 Å². The molecule has 1 aromatic carbocycles. The molecular weight excluding hydrogens is 247 g/mol. The van der Waals surface area contributed by atoms with Crippen LogP contribution in [0.15, 0.2) is 29.8 Å². The zero-order valence-electron chi connectivity index (χ0n) is 9.28. The summed E-state index contributed by atoms with van der Waals surface area (Å²) in [6, 6.07) is 5.87. The normalized spacial score (nSPS) is 11.8. The largest absolute Gasteiger partial charge is 0.465 e. The second-order valence-electron chi connectivity index (χ2n) is 3.28. The summed E-state index contributed by atoms with van der Waals surface area (Å²) in [5.41, 5.74) is -1.11. The summed E-state index contributed by atoms with van der Waals surface area (Å²) in [6.07, 6.45) is -3.43. The van der Waals surface area contributed by atoms with Gasteiger partial charge in [0.2, 0.25) is 0 Å². The van der Waals surface area contributed by atoms with Crippen molar-refractivity contribution in [1.82, 2.24) is 0 Å². The molecule has 0 aliphatic rings. The minimum absolute atomic E-state index is 0.103. The second kappa shape index (κ2) is 5.36.